The van der Waals surface area contributed by atoms with Crippen LogP contribution in [0, 0.1) is 0 Å². The standard InChI is InChI=1S/C21H21N3O4S/c25-15-5-2-13(3-6-15)23-21-24-16-7-1-12(9-19(16)29-21)20(26)22-14-4-8-17-18(10-14)28-11-27-17/h1,4,7-10,13,15,25H,2-3,5-6,11H2,(H,22,26)(H,23,24). The Bertz CT molecular complexity index is 1060. The highest BCUT2D eigenvalue weighted by molar-refractivity contribution is 7.22. The van der Waals surface area contributed by atoms with Crippen LogP contribution in [-0.2, 0) is 0 Å². The lowest BCUT2D eigenvalue weighted by Crippen LogP contribution is -2.28. The second-order valence-corrected chi connectivity index (χ2v) is 8.40. The molecule has 7 nitrogen and oxygen atoms in total. The molecule has 0 spiro atoms. The van der Waals surface area contributed by atoms with Crippen molar-refractivity contribution in [2.75, 3.05) is 17.4 Å². The molecule has 2 aliphatic rings. The lowest BCUT2D eigenvalue weighted by molar-refractivity contribution is 0.102. The number of benzene rings is 2. The van der Waals surface area contributed by atoms with Crippen molar-refractivity contribution in [3.05, 3.63) is 42.0 Å². The Morgan fingerprint density at radius 3 is 2.76 bits per heavy atom. The van der Waals surface area contributed by atoms with E-state index in [0.717, 1.165) is 41.0 Å². The minimum atomic E-state index is -0.185. The topological polar surface area (TPSA) is 92.7 Å². The summed E-state index contributed by atoms with van der Waals surface area (Å²) in [6, 6.07) is 11.2. The molecular formula is C21H21N3O4S. The van der Waals surface area contributed by atoms with Crippen molar-refractivity contribution in [2.24, 2.45) is 0 Å². The summed E-state index contributed by atoms with van der Waals surface area (Å²) in [7, 11) is 0. The SMILES string of the molecule is O=C(Nc1ccc2c(c1)OCO2)c1ccc2nc(NC3CCC(O)CC3)sc2c1. The fourth-order valence-electron chi connectivity index (χ4n) is 3.70. The number of aliphatic hydroxyl groups excluding tert-OH is 1. The molecule has 3 aromatic rings. The fourth-order valence-corrected chi connectivity index (χ4v) is 4.68. The predicted molar refractivity (Wildman–Crippen MR) is 112 cm³/mol. The van der Waals surface area contributed by atoms with Crippen LogP contribution in [0.1, 0.15) is 36.0 Å². The average molecular weight is 411 g/mol. The first kappa shape index (κ1) is 18.2. The quantitative estimate of drug-likeness (QED) is 0.601. The molecule has 1 aliphatic heterocycles. The number of fused-ring (bicyclic) bond motifs is 2. The summed E-state index contributed by atoms with van der Waals surface area (Å²) in [5.41, 5.74) is 2.10. The number of rotatable bonds is 4. The number of thiazole rings is 1. The van der Waals surface area contributed by atoms with E-state index in [-0.39, 0.29) is 18.8 Å². The van der Waals surface area contributed by atoms with E-state index in [9.17, 15) is 9.90 Å². The fraction of sp³-hybridized carbons (Fsp3) is 0.333. The number of nitrogens with zero attached hydrogens (tertiary/aromatic N) is 1. The molecule has 0 radical (unpaired) electrons. The lowest BCUT2D eigenvalue weighted by atomic mass is 9.93. The Labute approximate surface area is 171 Å². The number of carbonyl (C=O) groups excluding carboxylic acids is 1. The van der Waals surface area contributed by atoms with E-state index in [0.29, 0.717) is 28.8 Å². The van der Waals surface area contributed by atoms with Crippen LogP contribution >= 0.6 is 11.3 Å². The first-order valence-corrected chi connectivity index (χ1v) is 10.5. The van der Waals surface area contributed by atoms with Crippen LogP contribution in [0.5, 0.6) is 11.5 Å². The molecule has 150 valence electrons. The highest BCUT2D eigenvalue weighted by Gasteiger charge is 2.20. The van der Waals surface area contributed by atoms with Gasteiger partial charge < -0.3 is 25.2 Å². The van der Waals surface area contributed by atoms with Crippen molar-refractivity contribution >= 4 is 38.3 Å². The average Bonchev–Trinajstić information content (AvgIpc) is 3.34. The smallest absolute Gasteiger partial charge is 0.255 e. The summed E-state index contributed by atoms with van der Waals surface area (Å²) in [4.78, 5) is 17.3. The molecule has 1 aromatic heterocycles. The lowest BCUT2D eigenvalue weighted by Gasteiger charge is -2.25. The van der Waals surface area contributed by atoms with E-state index in [1.54, 1.807) is 35.6 Å². The van der Waals surface area contributed by atoms with Crippen molar-refractivity contribution in [2.45, 2.75) is 37.8 Å². The molecule has 2 heterocycles. The second-order valence-electron chi connectivity index (χ2n) is 7.37. The van der Waals surface area contributed by atoms with E-state index < -0.39 is 0 Å². The van der Waals surface area contributed by atoms with Gasteiger partial charge in [-0.2, -0.15) is 0 Å². The van der Waals surface area contributed by atoms with E-state index in [4.69, 9.17) is 9.47 Å². The van der Waals surface area contributed by atoms with Gasteiger partial charge in [0, 0.05) is 23.4 Å². The summed E-state index contributed by atoms with van der Waals surface area (Å²) < 4.78 is 11.6. The second kappa shape index (κ2) is 7.53. The maximum Gasteiger partial charge on any atom is 0.255 e. The van der Waals surface area contributed by atoms with Crippen LogP contribution in [0.3, 0.4) is 0 Å². The van der Waals surface area contributed by atoms with Gasteiger partial charge in [-0.1, -0.05) is 11.3 Å². The number of anilines is 2. The zero-order valence-electron chi connectivity index (χ0n) is 15.7. The first-order chi connectivity index (χ1) is 14.1. The number of aliphatic hydroxyl groups is 1. The number of aromatic nitrogens is 1. The van der Waals surface area contributed by atoms with E-state index in [2.05, 4.69) is 15.6 Å². The van der Waals surface area contributed by atoms with Gasteiger partial charge in [-0.05, 0) is 56.0 Å². The number of hydrogen-bond donors (Lipinski definition) is 3. The molecule has 0 bridgehead atoms. The summed E-state index contributed by atoms with van der Waals surface area (Å²) in [6.45, 7) is 0.201. The van der Waals surface area contributed by atoms with Gasteiger partial charge in [-0.15, -0.1) is 0 Å². The number of nitrogens with one attached hydrogen (secondary N) is 2. The molecule has 0 atom stereocenters. The Hall–Kier alpha value is -2.84. The molecule has 0 unspecified atom stereocenters. The van der Waals surface area contributed by atoms with E-state index >= 15 is 0 Å². The molecule has 0 saturated heterocycles. The molecule has 1 amide bonds. The van der Waals surface area contributed by atoms with Crippen molar-refractivity contribution < 1.29 is 19.4 Å². The minimum absolute atomic E-state index is 0.172. The van der Waals surface area contributed by atoms with Crippen LogP contribution < -0.4 is 20.1 Å². The molecule has 29 heavy (non-hydrogen) atoms. The highest BCUT2D eigenvalue weighted by Crippen LogP contribution is 2.34. The van der Waals surface area contributed by atoms with E-state index in [1.807, 2.05) is 12.1 Å². The van der Waals surface area contributed by atoms with Gasteiger partial charge in [0.25, 0.3) is 5.91 Å². The van der Waals surface area contributed by atoms with Gasteiger partial charge in [0.1, 0.15) is 0 Å². The van der Waals surface area contributed by atoms with Crippen LogP contribution in [0.25, 0.3) is 10.2 Å². The normalized spacial score (nSPS) is 20.6. The number of amides is 1. The van der Waals surface area contributed by atoms with Gasteiger partial charge >= 0.3 is 0 Å². The summed E-state index contributed by atoms with van der Waals surface area (Å²) in [6.07, 6.45) is 3.37. The first-order valence-electron chi connectivity index (χ1n) is 9.70. The van der Waals surface area contributed by atoms with Crippen LogP contribution in [-0.4, -0.2) is 34.9 Å². The summed E-state index contributed by atoms with van der Waals surface area (Å²) in [5.74, 6) is 1.13. The molecular weight excluding hydrogens is 390 g/mol. The van der Waals surface area contributed by atoms with Crippen molar-refractivity contribution in [3.8, 4) is 11.5 Å². The minimum Gasteiger partial charge on any atom is -0.454 e. The van der Waals surface area contributed by atoms with E-state index in [1.165, 1.54) is 0 Å². The Balaban J connectivity index is 1.29. The van der Waals surface area contributed by atoms with Gasteiger partial charge in [-0.3, -0.25) is 4.79 Å². The maximum absolute atomic E-state index is 12.7. The molecule has 1 fully saturated rings. The van der Waals surface area contributed by atoms with Gasteiger partial charge in [0.15, 0.2) is 16.6 Å². The number of hydrogen-bond acceptors (Lipinski definition) is 7. The molecule has 1 aliphatic carbocycles. The Morgan fingerprint density at radius 2 is 1.90 bits per heavy atom. The van der Waals surface area contributed by atoms with Crippen molar-refractivity contribution in [3.63, 3.8) is 0 Å². The third-order valence-electron chi connectivity index (χ3n) is 5.31. The largest absolute Gasteiger partial charge is 0.454 e. The van der Waals surface area contributed by atoms with Crippen molar-refractivity contribution in [1.29, 1.82) is 0 Å². The van der Waals surface area contributed by atoms with Crippen LogP contribution in [0.4, 0.5) is 10.8 Å². The third kappa shape index (κ3) is 3.86. The highest BCUT2D eigenvalue weighted by atomic mass is 32.1. The zero-order valence-corrected chi connectivity index (χ0v) is 16.5. The molecule has 8 heteroatoms. The molecule has 2 aromatic carbocycles. The predicted octanol–water partition coefficient (Wildman–Crippen LogP) is 3.99. The zero-order chi connectivity index (χ0) is 19.8. The maximum atomic E-state index is 12.7. The molecule has 3 N–H and O–H groups in total. The Kier molecular flexibility index (Phi) is 4.73. The van der Waals surface area contributed by atoms with Crippen LogP contribution in [0.2, 0.25) is 0 Å². The number of carbonyl (C=O) groups is 1. The Morgan fingerprint density at radius 1 is 1.07 bits per heavy atom. The van der Waals surface area contributed by atoms with Gasteiger partial charge in [-0.25, -0.2) is 4.98 Å². The summed E-state index contributed by atoms with van der Waals surface area (Å²) >= 11 is 1.54. The number of ether oxygens (including phenoxy) is 2. The molecule has 5 rings (SSSR count). The van der Waals surface area contributed by atoms with Crippen molar-refractivity contribution in [1.82, 2.24) is 4.98 Å². The van der Waals surface area contributed by atoms with Crippen LogP contribution in [0.15, 0.2) is 36.4 Å². The summed E-state index contributed by atoms with van der Waals surface area (Å²) in [5, 5.41) is 16.9. The molecule has 1 saturated carbocycles. The monoisotopic (exact) mass is 411 g/mol. The van der Waals surface area contributed by atoms with Gasteiger partial charge in [0.05, 0.1) is 16.3 Å². The third-order valence-corrected chi connectivity index (χ3v) is 6.25. The van der Waals surface area contributed by atoms with Gasteiger partial charge in [0.2, 0.25) is 6.79 Å².